The molecule has 9 heteroatoms. The van der Waals surface area contributed by atoms with Gasteiger partial charge in [0.05, 0.1) is 42.5 Å². The molecule has 3 heterocycles. The van der Waals surface area contributed by atoms with Gasteiger partial charge in [-0.15, -0.1) is 0 Å². The van der Waals surface area contributed by atoms with Crippen molar-refractivity contribution in [3.05, 3.63) is 71.2 Å². The van der Waals surface area contributed by atoms with Crippen LogP contribution in [0, 0.1) is 0 Å². The first-order valence-corrected chi connectivity index (χ1v) is 13.0. The van der Waals surface area contributed by atoms with Crippen LogP contribution in [0.5, 0.6) is 6.01 Å². The second-order valence-corrected chi connectivity index (χ2v) is 10.6. The van der Waals surface area contributed by atoms with Gasteiger partial charge in [0.1, 0.15) is 18.3 Å². The van der Waals surface area contributed by atoms with Gasteiger partial charge in [0.15, 0.2) is 6.10 Å². The van der Waals surface area contributed by atoms with Crippen LogP contribution in [0.3, 0.4) is 0 Å². The molecule has 0 radical (unpaired) electrons. The average Bonchev–Trinajstić information content (AvgIpc) is 3.64. The van der Waals surface area contributed by atoms with E-state index in [0.717, 1.165) is 38.9 Å². The summed E-state index contributed by atoms with van der Waals surface area (Å²) < 4.78 is 17.3. The fourth-order valence-corrected chi connectivity index (χ4v) is 5.39. The molecule has 1 aromatic heterocycles. The predicted octanol–water partition coefficient (Wildman–Crippen LogP) is 3.70. The van der Waals surface area contributed by atoms with Gasteiger partial charge in [-0.05, 0) is 34.4 Å². The van der Waals surface area contributed by atoms with Crippen molar-refractivity contribution in [2.45, 2.75) is 36.8 Å². The molecule has 2 aliphatic heterocycles. The van der Waals surface area contributed by atoms with Crippen molar-refractivity contribution in [2.75, 3.05) is 26.4 Å². The minimum absolute atomic E-state index is 0.124. The van der Waals surface area contributed by atoms with Crippen molar-refractivity contribution in [3.63, 3.8) is 0 Å². The molecule has 0 unspecified atom stereocenters. The van der Waals surface area contributed by atoms with E-state index in [9.17, 15) is 15.3 Å². The number of nitrogens with one attached hydrogen (secondary N) is 1. The highest BCUT2D eigenvalue weighted by atomic mass is 35.5. The number of halogens is 1. The number of benzene rings is 3. The molecule has 198 valence electrons. The van der Waals surface area contributed by atoms with Gasteiger partial charge < -0.3 is 34.5 Å². The summed E-state index contributed by atoms with van der Waals surface area (Å²) in [7, 11) is 0. The van der Waals surface area contributed by atoms with Gasteiger partial charge in [0.25, 0.3) is 6.01 Å². The molecular formula is C29H29ClN2O6. The Kier molecular flexibility index (Phi) is 6.63. The van der Waals surface area contributed by atoms with E-state index >= 15 is 0 Å². The maximum absolute atomic E-state index is 9.95. The number of aromatic amines is 1. The summed E-state index contributed by atoms with van der Waals surface area (Å²) in [6.45, 7) is 2.15. The fraction of sp³-hybridized carbons (Fsp3) is 0.345. The van der Waals surface area contributed by atoms with E-state index in [2.05, 4.69) is 9.97 Å². The summed E-state index contributed by atoms with van der Waals surface area (Å²) in [5.74, 6) is 0. The monoisotopic (exact) mass is 536 g/mol. The molecule has 38 heavy (non-hydrogen) atoms. The van der Waals surface area contributed by atoms with E-state index in [4.69, 9.17) is 25.8 Å². The molecule has 8 nitrogen and oxygen atoms in total. The minimum Gasteiger partial charge on any atom is -0.456 e. The van der Waals surface area contributed by atoms with Crippen LogP contribution < -0.4 is 4.74 Å². The van der Waals surface area contributed by atoms with Crippen LogP contribution in [0.4, 0.5) is 0 Å². The molecule has 0 spiro atoms. The molecule has 4 N–H and O–H groups in total. The van der Waals surface area contributed by atoms with E-state index in [-0.39, 0.29) is 38.1 Å². The first-order valence-electron chi connectivity index (χ1n) is 12.6. The Labute approximate surface area is 224 Å². The highest BCUT2D eigenvalue weighted by Crippen LogP contribution is 2.35. The fourth-order valence-electron chi connectivity index (χ4n) is 5.11. The van der Waals surface area contributed by atoms with Crippen LogP contribution in [-0.4, -0.2) is 76.1 Å². The molecule has 0 aliphatic carbocycles. The van der Waals surface area contributed by atoms with Gasteiger partial charge in [0.2, 0.25) is 0 Å². The first kappa shape index (κ1) is 25.3. The Balaban J connectivity index is 1.21. The molecule has 3 aromatic carbocycles. The van der Waals surface area contributed by atoms with Crippen LogP contribution in [0.2, 0.25) is 5.02 Å². The lowest BCUT2D eigenvalue weighted by atomic mass is 9.83. The van der Waals surface area contributed by atoms with Gasteiger partial charge in [-0.2, -0.15) is 4.98 Å². The molecule has 0 saturated carbocycles. The molecule has 6 rings (SSSR count). The van der Waals surface area contributed by atoms with Crippen molar-refractivity contribution in [3.8, 4) is 28.3 Å². The van der Waals surface area contributed by atoms with Crippen molar-refractivity contribution in [1.29, 1.82) is 0 Å². The number of aliphatic hydroxyl groups excluding tert-OH is 3. The van der Waals surface area contributed by atoms with Crippen molar-refractivity contribution in [1.82, 2.24) is 9.97 Å². The van der Waals surface area contributed by atoms with Gasteiger partial charge in [-0.25, -0.2) is 0 Å². The third-order valence-corrected chi connectivity index (χ3v) is 7.92. The molecule has 2 aliphatic rings. The van der Waals surface area contributed by atoms with E-state index in [1.165, 1.54) is 0 Å². The Morgan fingerprint density at radius 3 is 2.26 bits per heavy atom. The Morgan fingerprint density at radius 2 is 1.58 bits per heavy atom. The van der Waals surface area contributed by atoms with Gasteiger partial charge in [-0.3, -0.25) is 0 Å². The highest BCUT2D eigenvalue weighted by Gasteiger charge is 2.48. The lowest BCUT2D eigenvalue weighted by Crippen LogP contribution is -2.34. The molecule has 4 atom stereocenters. The summed E-state index contributed by atoms with van der Waals surface area (Å²) in [6, 6.07) is 20.1. The normalized spacial score (nSPS) is 23.2. The quantitative estimate of drug-likeness (QED) is 0.284. The van der Waals surface area contributed by atoms with E-state index in [1.54, 1.807) is 0 Å². The van der Waals surface area contributed by atoms with Crippen LogP contribution >= 0.6 is 11.6 Å². The lowest BCUT2D eigenvalue weighted by molar-refractivity contribution is 0.00706. The maximum Gasteiger partial charge on any atom is 0.295 e. The number of hydrogen-bond donors (Lipinski definition) is 4. The van der Waals surface area contributed by atoms with Gasteiger partial charge in [0, 0.05) is 11.0 Å². The topological polar surface area (TPSA) is 117 Å². The Bertz CT molecular complexity index is 1430. The second-order valence-electron chi connectivity index (χ2n) is 10.2. The number of nitrogens with zero attached hydrogens (tertiary/aromatic N) is 1. The maximum atomic E-state index is 9.95. The number of H-pyrrole nitrogens is 1. The summed E-state index contributed by atoms with van der Waals surface area (Å²) in [5.41, 5.74) is 5.57. The number of imidazole rings is 1. The van der Waals surface area contributed by atoms with Crippen LogP contribution in [0.25, 0.3) is 33.3 Å². The van der Waals surface area contributed by atoms with Crippen LogP contribution in [0.1, 0.15) is 12.5 Å². The van der Waals surface area contributed by atoms with Crippen molar-refractivity contribution < 1.29 is 29.5 Å². The largest absolute Gasteiger partial charge is 0.456 e. The number of hydrogen-bond acceptors (Lipinski definition) is 7. The second kappa shape index (κ2) is 9.96. The molecule has 0 amide bonds. The zero-order chi connectivity index (χ0) is 26.4. The number of rotatable bonds is 7. The average molecular weight is 537 g/mol. The van der Waals surface area contributed by atoms with Gasteiger partial charge in [-0.1, -0.05) is 67.1 Å². The van der Waals surface area contributed by atoms with Crippen molar-refractivity contribution >= 4 is 22.6 Å². The van der Waals surface area contributed by atoms with Gasteiger partial charge >= 0.3 is 0 Å². The predicted molar refractivity (Wildman–Crippen MR) is 143 cm³/mol. The summed E-state index contributed by atoms with van der Waals surface area (Å²) in [6.07, 6.45) is -1.67. The third-order valence-electron chi connectivity index (χ3n) is 7.60. The van der Waals surface area contributed by atoms with E-state index in [0.29, 0.717) is 17.6 Å². The summed E-state index contributed by atoms with van der Waals surface area (Å²) in [5, 5.41) is 29.8. The number of ether oxygens (including phenoxy) is 3. The van der Waals surface area contributed by atoms with Crippen LogP contribution in [0.15, 0.2) is 60.7 Å². The molecule has 4 aromatic rings. The van der Waals surface area contributed by atoms with Crippen molar-refractivity contribution in [2.24, 2.45) is 0 Å². The number of aliphatic hydroxyl groups is 3. The molecule has 2 fully saturated rings. The third kappa shape index (κ3) is 4.47. The zero-order valence-electron chi connectivity index (χ0n) is 20.8. The Morgan fingerprint density at radius 1 is 0.947 bits per heavy atom. The zero-order valence-corrected chi connectivity index (χ0v) is 21.6. The smallest absolute Gasteiger partial charge is 0.295 e. The molecule has 0 bridgehead atoms. The van der Waals surface area contributed by atoms with E-state index < -0.39 is 11.5 Å². The minimum atomic E-state index is -0.672. The summed E-state index contributed by atoms with van der Waals surface area (Å²) >= 11 is 6.65. The van der Waals surface area contributed by atoms with Crippen LogP contribution in [-0.2, 0) is 14.9 Å². The highest BCUT2D eigenvalue weighted by molar-refractivity contribution is 6.34. The lowest BCUT2D eigenvalue weighted by Gasteiger charge is -2.25. The summed E-state index contributed by atoms with van der Waals surface area (Å²) in [4.78, 5) is 7.76. The number of aromatic nitrogens is 2. The standard InChI is InChI=1S/C29H29ClN2O6/c1-29(14-33,15-34)19-8-6-17(7-9-19)16-2-4-18(5-3-16)20-10-22-23(11-21(20)30)32-28(31-22)38-25-13-37-26-24(35)12-36-27(25)26/h2-11,24-27,33-35H,12-15H2,1H3,(H,31,32)/t24-,25-,26-,27-/m1/s1. The molecular weight excluding hydrogens is 508 g/mol. The molecule has 2 saturated heterocycles. The SMILES string of the molecule is CC(CO)(CO)c1ccc(-c2ccc(-c3cc4nc(O[C@@H]5CO[C@H]6[C@@H]5OC[C@H]6O)[nH]c4cc3Cl)cc2)cc1. The number of fused-ring (bicyclic) bond motifs is 2. The Hall–Kier alpha value is -2.98. The van der Waals surface area contributed by atoms with E-state index in [1.807, 2.05) is 67.6 Å². The first-order chi connectivity index (χ1) is 18.4.